The third kappa shape index (κ3) is 16.3. The van der Waals surface area contributed by atoms with E-state index in [1.807, 2.05) is 0 Å². The van der Waals surface area contributed by atoms with E-state index in [9.17, 15) is 4.79 Å². The van der Waals surface area contributed by atoms with Gasteiger partial charge in [0, 0.05) is 12.3 Å². The maximum atomic E-state index is 11.2. The number of aliphatic hydroxyl groups is 2. The molecule has 0 aliphatic rings. The largest absolute Gasteiger partial charge is 0.369 e. The summed E-state index contributed by atoms with van der Waals surface area (Å²) < 4.78 is 0. The van der Waals surface area contributed by atoms with Gasteiger partial charge in [-0.15, -0.1) is 0 Å². The number of nitrogens with two attached hydrogens (primary N) is 1. The highest BCUT2D eigenvalue weighted by Crippen LogP contribution is 2.17. The number of hydrogen-bond donors (Lipinski definition) is 3. The Hall–Kier alpha value is -0.610. The minimum Gasteiger partial charge on any atom is -0.369 e. The van der Waals surface area contributed by atoms with Crippen molar-refractivity contribution in [3.05, 3.63) is 0 Å². The van der Waals surface area contributed by atoms with Crippen LogP contribution in [0.25, 0.3) is 0 Å². The van der Waals surface area contributed by atoms with Gasteiger partial charge < -0.3 is 15.9 Å². The van der Waals surface area contributed by atoms with Crippen molar-refractivity contribution in [3.8, 4) is 0 Å². The molecule has 0 saturated heterocycles. The van der Waals surface area contributed by atoms with Crippen molar-refractivity contribution in [1.82, 2.24) is 0 Å². The average molecular weight is 344 g/mol. The third-order valence-electron chi connectivity index (χ3n) is 4.80. The molecule has 0 aliphatic carbocycles. The maximum Gasteiger partial charge on any atom is 0.220 e. The predicted molar refractivity (Wildman–Crippen MR) is 100 cm³/mol. The van der Waals surface area contributed by atoms with Gasteiger partial charge in [0.25, 0.3) is 0 Å². The van der Waals surface area contributed by atoms with Gasteiger partial charge in [0.15, 0.2) is 6.29 Å². The summed E-state index contributed by atoms with van der Waals surface area (Å²) in [7, 11) is 0. The summed E-state index contributed by atoms with van der Waals surface area (Å²) >= 11 is 0. The first-order chi connectivity index (χ1) is 11.6. The summed E-state index contributed by atoms with van der Waals surface area (Å²) in [6.07, 6.45) is 17.5. The van der Waals surface area contributed by atoms with Crippen LogP contribution in [0.3, 0.4) is 0 Å². The van der Waals surface area contributed by atoms with Crippen molar-refractivity contribution in [2.75, 3.05) is 0 Å². The van der Waals surface area contributed by atoms with Crippen LogP contribution in [0.5, 0.6) is 0 Å². The lowest BCUT2D eigenvalue weighted by Crippen LogP contribution is -2.27. The van der Waals surface area contributed by atoms with E-state index in [0.717, 1.165) is 12.8 Å². The van der Waals surface area contributed by atoms with Crippen molar-refractivity contribution >= 4 is 5.91 Å². The average Bonchev–Trinajstić information content (AvgIpc) is 2.53. The van der Waals surface area contributed by atoms with Gasteiger partial charge >= 0.3 is 0 Å². The summed E-state index contributed by atoms with van der Waals surface area (Å²) in [6.45, 7) is 2.26. The first-order valence-electron chi connectivity index (χ1n) is 10.2. The van der Waals surface area contributed by atoms with Crippen LogP contribution in [0.15, 0.2) is 0 Å². The third-order valence-corrected chi connectivity index (χ3v) is 4.80. The molecule has 0 aliphatic heterocycles. The highest BCUT2D eigenvalue weighted by Gasteiger charge is 2.17. The van der Waals surface area contributed by atoms with Gasteiger partial charge in [0.05, 0.1) is 0 Å². The number of carbonyl (C=O) groups excluding carboxylic acids is 1. The number of hydrogen-bond acceptors (Lipinski definition) is 3. The van der Waals surface area contributed by atoms with Crippen LogP contribution < -0.4 is 5.73 Å². The second-order valence-corrected chi connectivity index (χ2v) is 7.20. The fraction of sp³-hybridized carbons (Fsp3) is 0.950. The molecule has 4 heteroatoms. The summed E-state index contributed by atoms with van der Waals surface area (Å²) in [5.74, 6) is -0.819. The minimum atomic E-state index is -1.44. The molecule has 0 rings (SSSR count). The first kappa shape index (κ1) is 23.4. The van der Waals surface area contributed by atoms with Crippen molar-refractivity contribution < 1.29 is 15.0 Å². The molecule has 0 fully saturated rings. The zero-order chi connectivity index (χ0) is 18.0. The molecule has 0 saturated carbocycles. The zero-order valence-electron chi connectivity index (χ0n) is 15.8. The Morgan fingerprint density at radius 2 is 1.12 bits per heavy atom. The van der Waals surface area contributed by atoms with E-state index in [1.165, 1.54) is 77.0 Å². The van der Waals surface area contributed by atoms with Gasteiger partial charge in [-0.05, 0) is 6.42 Å². The SMILES string of the molecule is CCCCCCCCCCCCCCCCC(CC(O)O)C(N)=O. The predicted octanol–water partition coefficient (Wildman–Crippen LogP) is 4.66. The van der Waals surface area contributed by atoms with Crippen molar-refractivity contribution in [3.63, 3.8) is 0 Å². The second kappa shape index (κ2) is 17.2. The summed E-state index contributed by atoms with van der Waals surface area (Å²) in [5, 5.41) is 17.9. The summed E-state index contributed by atoms with van der Waals surface area (Å²) in [4.78, 5) is 11.2. The van der Waals surface area contributed by atoms with Crippen LogP contribution in [0.1, 0.15) is 110 Å². The lowest BCUT2D eigenvalue weighted by molar-refractivity contribution is -0.126. The number of unbranched alkanes of at least 4 members (excludes halogenated alkanes) is 13. The summed E-state index contributed by atoms with van der Waals surface area (Å²) in [6, 6.07) is 0. The molecule has 4 N–H and O–H groups in total. The molecule has 0 bridgehead atoms. The highest BCUT2D eigenvalue weighted by atomic mass is 16.5. The van der Waals surface area contributed by atoms with Crippen molar-refractivity contribution in [1.29, 1.82) is 0 Å². The molecular formula is C20H41NO3. The highest BCUT2D eigenvalue weighted by molar-refractivity contribution is 5.76. The molecule has 0 spiro atoms. The molecule has 4 nitrogen and oxygen atoms in total. The minimum absolute atomic E-state index is 0.0633. The lowest BCUT2D eigenvalue weighted by atomic mass is 9.96. The van der Waals surface area contributed by atoms with Crippen molar-refractivity contribution in [2.24, 2.45) is 11.7 Å². The standard InChI is InChI=1S/C20H41NO3/c1-2-3-4-5-6-7-8-9-10-11-12-13-14-15-16-18(20(21)24)17-19(22)23/h18-19,22-23H,2-17H2,1H3,(H2,21,24). The smallest absolute Gasteiger partial charge is 0.220 e. The quantitative estimate of drug-likeness (QED) is 0.250. The van der Waals surface area contributed by atoms with Crippen LogP contribution in [0, 0.1) is 5.92 Å². The molecule has 1 unspecified atom stereocenters. The number of carbonyl (C=O) groups is 1. The zero-order valence-corrected chi connectivity index (χ0v) is 15.8. The first-order valence-corrected chi connectivity index (χ1v) is 10.2. The fourth-order valence-electron chi connectivity index (χ4n) is 3.22. The normalized spacial score (nSPS) is 12.7. The molecule has 1 atom stereocenters. The molecule has 1 amide bonds. The Balaban J connectivity index is 3.28. The Labute approximate surface area is 149 Å². The second-order valence-electron chi connectivity index (χ2n) is 7.20. The molecule has 0 aromatic heterocycles. The van der Waals surface area contributed by atoms with Gasteiger partial charge in [-0.1, -0.05) is 96.8 Å². The van der Waals surface area contributed by atoms with Gasteiger partial charge in [0.1, 0.15) is 0 Å². The number of rotatable bonds is 18. The number of primary amides is 1. The topological polar surface area (TPSA) is 83.6 Å². The molecule has 144 valence electrons. The van der Waals surface area contributed by atoms with Gasteiger partial charge in [-0.2, -0.15) is 0 Å². The van der Waals surface area contributed by atoms with Crippen LogP contribution in [-0.4, -0.2) is 22.4 Å². The van der Waals surface area contributed by atoms with Crippen LogP contribution in [0.4, 0.5) is 0 Å². The van der Waals surface area contributed by atoms with Gasteiger partial charge in [-0.25, -0.2) is 0 Å². The molecule has 0 heterocycles. The fourth-order valence-corrected chi connectivity index (χ4v) is 3.22. The number of amides is 1. The Kier molecular flexibility index (Phi) is 16.8. The lowest BCUT2D eigenvalue weighted by Gasteiger charge is -2.14. The molecular weight excluding hydrogens is 302 g/mol. The van der Waals surface area contributed by atoms with E-state index in [2.05, 4.69) is 6.92 Å². The maximum absolute atomic E-state index is 11.2. The van der Waals surface area contributed by atoms with Crippen LogP contribution in [-0.2, 0) is 4.79 Å². The van der Waals surface area contributed by atoms with Gasteiger partial charge in [-0.3, -0.25) is 4.79 Å². The molecule has 24 heavy (non-hydrogen) atoms. The van der Waals surface area contributed by atoms with E-state index in [4.69, 9.17) is 15.9 Å². The summed E-state index contributed by atoms with van der Waals surface area (Å²) in [5.41, 5.74) is 5.28. The van der Waals surface area contributed by atoms with E-state index < -0.39 is 18.1 Å². The van der Waals surface area contributed by atoms with Crippen LogP contribution >= 0.6 is 0 Å². The van der Waals surface area contributed by atoms with Gasteiger partial charge in [0.2, 0.25) is 5.91 Å². The Bertz CT molecular complexity index is 282. The number of aliphatic hydroxyl groups excluding tert-OH is 1. The Morgan fingerprint density at radius 1 is 0.750 bits per heavy atom. The molecule has 0 aromatic carbocycles. The van der Waals surface area contributed by atoms with E-state index in [1.54, 1.807) is 0 Å². The van der Waals surface area contributed by atoms with E-state index in [-0.39, 0.29) is 6.42 Å². The molecule has 0 radical (unpaired) electrons. The van der Waals surface area contributed by atoms with E-state index >= 15 is 0 Å². The molecule has 0 aromatic rings. The van der Waals surface area contributed by atoms with Crippen LogP contribution in [0.2, 0.25) is 0 Å². The monoisotopic (exact) mass is 343 g/mol. The van der Waals surface area contributed by atoms with E-state index in [0.29, 0.717) is 6.42 Å². The van der Waals surface area contributed by atoms with Crippen molar-refractivity contribution in [2.45, 2.75) is 116 Å². The Morgan fingerprint density at radius 3 is 1.46 bits per heavy atom.